The lowest BCUT2D eigenvalue weighted by molar-refractivity contribution is -0.329. The van der Waals surface area contributed by atoms with E-state index in [-0.39, 0.29) is 29.3 Å². The second kappa shape index (κ2) is 8.29. The molecule has 0 unspecified atom stereocenters. The number of phenols is 1. The number of rotatable bonds is 4. The maximum atomic E-state index is 13.1. The van der Waals surface area contributed by atoms with E-state index in [2.05, 4.69) is 0 Å². The summed E-state index contributed by atoms with van der Waals surface area (Å²) in [6.45, 7) is 0. The van der Waals surface area contributed by atoms with Crippen LogP contribution in [0.4, 0.5) is 0 Å². The third-order valence-electron chi connectivity index (χ3n) is 7.32. The molecule has 3 aliphatic rings. The molecular formula is C30H24O6. The molecule has 1 fully saturated rings. The van der Waals surface area contributed by atoms with E-state index in [1.165, 1.54) is 24.3 Å². The van der Waals surface area contributed by atoms with Crippen LogP contribution in [0.1, 0.15) is 51.9 Å². The van der Waals surface area contributed by atoms with Gasteiger partial charge in [0.25, 0.3) is 5.79 Å². The first-order valence-electron chi connectivity index (χ1n) is 11.9. The highest BCUT2D eigenvalue weighted by atomic mass is 16.7. The Kier molecular flexibility index (Phi) is 5.18. The van der Waals surface area contributed by atoms with Crippen LogP contribution in [0.5, 0.6) is 11.5 Å². The molecule has 6 rings (SSSR count). The Balaban J connectivity index is 1.45. The second-order valence-corrected chi connectivity index (χ2v) is 9.44. The summed E-state index contributed by atoms with van der Waals surface area (Å²) < 4.78 is 12.6. The predicted molar refractivity (Wildman–Crippen MR) is 133 cm³/mol. The molecule has 2 heterocycles. The van der Waals surface area contributed by atoms with Crippen molar-refractivity contribution in [3.63, 3.8) is 0 Å². The van der Waals surface area contributed by atoms with Gasteiger partial charge in [0.2, 0.25) is 0 Å². The fourth-order valence-corrected chi connectivity index (χ4v) is 5.54. The molecule has 3 aromatic carbocycles. The largest absolute Gasteiger partial charge is 0.507 e. The van der Waals surface area contributed by atoms with Gasteiger partial charge in [-0.05, 0) is 47.9 Å². The predicted octanol–water partition coefficient (Wildman–Crippen LogP) is 4.88. The average Bonchev–Trinajstić information content (AvgIpc) is 2.88. The van der Waals surface area contributed by atoms with Crippen LogP contribution in [0.25, 0.3) is 6.08 Å². The van der Waals surface area contributed by atoms with Gasteiger partial charge >= 0.3 is 0 Å². The molecular weight excluding hydrogens is 456 g/mol. The van der Waals surface area contributed by atoms with E-state index in [9.17, 15) is 19.8 Å². The number of carbonyl (C=O) groups excluding carboxylic acids is 2. The summed E-state index contributed by atoms with van der Waals surface area (Å²) in [4.78, 5) is 25.5. The van der Waals surface area contributed by atoms with Crippen LogP contribution >= 0.6 is 0 Å². The molecule has 4 atom stereocenters. The smallest absolute Gasteiger partial charge is 0.251 e. The lowest BCUT2D eigenvalue weighted by Gasteiger charge is -2.58. The number of hydrogen-bond donors (Lipinski definition) is 2. The number of aliphatic hydroxyl groups is 1. The van der Waals surface area contributed by atoms with Crippen molar-refractivity contribution in [2.75, 3.05) is 0 Å². The van der Waals surface area contributed by atoms with Gasteiger partial charge in [-0.2, -0.15) is 0 Å². The lowest BCUT2D eigenvalue weighted by atomic mass is 9.65. The fourth-order valence-electron chi connectivity index (χ4n) is 5.54. The highest BCUT2D eigenvalue weighted by Crippen LogP contribution is 2.61. The molecule has 0 aromatic heterocycles. The van der Waals surface area contributed by atoms with E-state index >= 15 is 0 Å². The van der Waals surface area contributed by atoms with Crippen molar-refractivity contribution in [2.24, 2.45) is 0 Å². The summed E-state index contributed by atoms with van der Waals surface area (Å²) in [5, 5.41) is 23.2. The SMILES string of the molecule is O=C1C=C[C@]2(O)[C@H]3C[C@@H](c4ccccc4)O[C@]2(C1)Oc1ccc(C(=O)/C=C/c2ccccc2)c(O)c13. The van der Waals surface area contributed by atoms with Gasteiger partial charge in [0, 0.05) is 11.5 Å². The second-order valence-electron chi connectivity index (χ2n) is 9.44. The molecule has 0 saturated carbocycles. The number of ether oxygens (including phenoxy) is 2. The number of benzene rings is 3. The number of carbonyl (C=O) groups is 2. The minimum absolute atomic E-state index is 0.110. The van der Waals surface area contributed by atoms with Crippen molar-refractivity contribution in [1.29, 1.82) is 0 Å². The van der Waals surface area contributed by atoms with Crippen LogP contribution in [0, 0.1) is 0 Å². The first-order valence-corrected chi connectivity index (χ1v) is 11.9. The molecule has 6 nitrogen and oxygen atoms in total. The zero-order valence-electron chi connectivity index (χ0n) is 19.3. The van der Waals surface area contributed by atoms with Crippen molar-refractivity contribution < 1.29 is 29.3 Å². The Morgan fingerprint density at radius 2 is 1.72 bits per heavy atom. The molecule has 3 aromatic rings. The van der Waals surface area contributed by atoms with Gasteiger partial charge in [-0.1, -0.05) is 66.7 Å². The highest BCUT2D eigenvalue weighted by Gasteiger charge is 2.67. The molecule has 1 aliphatic carbocycles. The molecule has 6 heteroatoms. The third-order valence-corrected chi connectivity index (χ3v) is 7.32. The Hall–Kier alpha value is -4.00. The minimum atomic E-state index is -1.70. The normalized spacial score (nSPS) is 28.3. The molecule has 36 heavy (non-hydrogen) atoms. The van der Waals surface area contributed by atoms with Gasteiger partial charge in [-0.15, -0.1) is 0 Å². The van der Waals surface area contributed by atoms with Crippen molar-refractivity contribution in [3.05, 3.63) is 113 Å². The van der Waals surface area contributed by atoms with Crippen LogP contribution in [-0.2, 0) is 9.53 Å². The van der Waals surface area contributed by atoms with Gasteiger partial charge in [-0.3, -0.25) is 9.59 Å². The van der Waals surface area contributed by atoms with Crippen LogP contribution in [-0.4, -0.2) is 33.2 Å². The zero-order valence-corrected chi connectivity index (χ0v) is 19.3. The Morgan fingerprint density at radius 1 is 1.00 bits per heavy atom. The number of allylic oxidation sites excluding steroid dienone is 2. The highest BCUT2D eigenvalue weighted by molar-refractivity contribution is 6.09. The summed E-state index contributed by atoms with van der Waals surface area (Å²) >= 11 is 0. The molecule has 2 bridgehead atoms. The van der Waals surface area contributed by atoms with Crippen molar-refractivity contribution in [1.82, 2.24) is 0 Å². The number of fused-ring (bicyclic) bond motifs is 2. The monoisotopic (exact) mass is 480 g/mol. The molecule has 0 spiro atoms. The number of aromatic hydroxyl groups is 1. The van der Waals surface area contributed by atoms with Gasteiger partial charge in [0.15, 0.2) is 17.2 Å². The minimum Gasteiger partial charge on any atom is -0.507 e. The molecule has 0 radical (unpaired) electrons. The first-order chi connectivity index (χ1) is 17.4. The fraction of sp³-hybridized carbons (Fsp3) is 0.200. The quantitative estimate of drug-likeness (QED) is 0.408. The Morgan fingerprint density at radius 3 is 2.47 bits per heavy atom. The van der Waals surface area contributed by atoms with Gasteiger partial charge in [0.1, 0.15) is 11.5 Å². The van der Waals surface area contributed by atoms with E-state index in [1.807, 2.05) is 60.7 Å². The number of phenolic OH excluding ortho intramolecular Hbond substituents is 1. The Bertz CT molecular complexity index is 1410. The van der Waals surface area contributed by atoms with Gasteiger partial charge in [0.05, 0.1) is 18.1 Å². The molecule has 2 aliphatic heterocycles. The standard InChI is InChI=1S/C30H24O6/c31-21-15-16-29(34)23-17-26(20-9-5-2-6-10-20)36-30(29,18-21)35-25-14-12-22(28(33)27(23)25)24(32)13-11-19-7-3-1-4-8-19/h1-16,23,26,33-34H,17-18H2/b13-11+/t23-,26-,29-,30-/m0/s1. The van der Waals surface area contributed by atoms with Crippen LogP contribution < -0.4 is 4.74 Å². The maximum Gasteiger partial charge on any atom is 0.251 e. The van der Waals surface area contributed by atoms with E-state index in [0.717, 1.165) is 11.1 Å². The molecule has 1 saturated heterocycles. The van der Waals surface area contributed by atoms with E-state index in [4.69, 9.17) is 9.47 Å². The molecule has 180 valence electrons. The van der Waals surface area contributed by atoms with Crippen LogP contribution in [0.2, 0.25) is 0 Å². The number of ketones is 2. The van der Waals surface area contributed by atoms with E-state index < -0.39 is 23.4 Å². The summed E-state index contributed by atoms with van der Waals surface area (Å²) in [5.41, 5.74) is 0.487. The maximum absolute atomic E-state index is 13.1. The summed E-state index contributed by atoms with van der Waals surface area (Å²) in [5.74, 6) is -2.85. The summed E-state index contributed by atoms with van der Waals surface area (Å²) in [6, 6.07) is 22.0. The van der Waals surface area contributed by atoms with Crippen molar-refractivity contribution >= 4 is 17.6 Å². The lowest BCUT2D eigenvalue weighted by Crippen LogP contribution is -2.68. The summed E-state index contributed by atoms with van der Waals surface area (Å²) in [7, 11) is 0. The van der Waals surface area contributed by atoms with Crippen LogP contribution in [0.3, 0.4) is 0 Å². The zero-order chi connectivity index (χ0) is 24.9. The number of hydrogen-bond acceptors (Lipinski definition) is 6. The van der Waals surface area contributed by atoms with E-state index in [0.29, 0.717) is 17.7 Å². The molecule has 0 amide bonds. The van der Waals surface area contributed by atoms with Gasteiger partial charge < -0.3 is 19.7 Å². The van der Waals surface area contributed by atoms with Gasteiger partial charge in [-0.25, -0.2) is 0 Å². The van der Waals surface area contributed by atoms with Crippen LogP contribution in [0.15, 0.2) is 91.0 Å². The molecule has 2 N–H and O–H groups in total. The summed E-state index contributed by atoms with van der Waals surface area (Å²) in [6.07, 6.45) is 5.52. The topological polar surface area (TPSA) is 93.1 Å². The Labute approximate surface area is 208 Å². The van der Waals surface area contributed by atoms with Crippen molar-refractivity contribution in [2.45, 2.75) is 36.3 Å². The van der Waals surface area contributed by atoms with Crippen molar-refractivity contribution in [3.8, 4) is 11.5 Å². The third kappa shape index (κ3) is 3.41. The van der Waals surface area contributed by atoms with E-state index in [1.54, 1.807) is 12.1 Å². The first kappa shape index (κ1) is 22.5. The average molecular weight is 481 g/mol.